The van der Waals surface area contributed by atoms with E-state index in [2.05, 4.69) is 25.5 Å². The minimum absolute atomic E-state index is 0.117. The molecule has 3 amide bonds. The fourth-order valence-electron chi connectivity index (χ4n) is 3.37. The largest absolute Gasteiger partial charge is 0.497 e. The number of thiazole rings is 1. The lowest BCUT2D eigenvalue weighted by atomic mass is 10.2. The topological polar surface area (TPSA) is 99.7 Å². The van der Waals surface area contributed by atoms with Crippen LogP contribution >= 0.6 is 11.3 Å². The molecule has 0 spiro atoms. The maximum Gasteiger partial charge on any atom is 0.323 e. The molecule has 9 nitrogen and oxygen atoms in total. The van der Waals surface area contributed by atoms with Gasteiger partial charge in [-0.25, -0.2) is 14.8 Å². The van der Waals surface area contributed by atoms with Crippen LogP contribution in [0.5, 0.6) is 5.75 Å². The van der Waals surface area contributed by atoms with Crippen molar-refractivity contribution in [1.82, 2.24) is 14.9 Å². The van der Waals surface area contributed by atoms with Crippen LogP contribution in [-0.4, -0.2) is 60.1 Å². The van der Waals surface area contributed by atoms with Crippen molar-refractivity contribution in [2.75, 3.05) is 48.8 Å². The molecule has 1 aliphatic rings. The number of rotatable bonds is 6. The molecule has 1 saturated heterocycles. The van der Waals surface area contributed by atoms with Crippen molar-refractivity contribution in [1.29, 1.82) is 0 Å². The molecule has 0 unspecified atom stereocenters. The lowest BCUT2D eigenvalue weighted by Crippen LogP contribution is -2.50. The quantitative estimate of drug-likeness (QED) is 0.596. The number of hydrogen-bond acceptors (Lipinski definition) is 7. The van der Waals surface area contributed by atoms with Gasteiger partial charge in [0.15, 0.2) is 5.13 Å². The molecule has 0 aliphatic carbocycles. The Bertz CT molecular complexity index is 1070. The molecule has 1 aliphatic heterocycles. The van der Waals surface area contributed by atoms with Gasteiger partial charge in [-0.1, -0.05) is 12.1 Å². The molecule has 0 radical (unpaired) electrons. The van der Waals surface area contributed by atoms with Crippen molar-refractivity contribution in [3.05, 3.63) is 59.7 Å². The third-order valence-corrected chi connectivity index (χ3v) is 5.81. The number of methoxy groups -OCH3 is 1. The van der Waals surface area contributed by atoms with Gasteiger partial charge >= 0.3 is 6.03 Å². The molecular formula is C22H24N6O3S. The molecule has 0 bridgehead atoms. The van der Waals surface area contributed by atoms with E-state index in [-0.39, 0.29) is 18.4 Å². The summed E-state index contributed by atoms with van der Waals surface area (Å²) in [7, 11) is 1.58. The molecule has 4 rings (SSSR count). The van der Waals surface area contributed by atoms with Crippen LogP contribution in [0.1, 0.15) is 5.69 Å². The van der Waals surface area contributed by atoms with E-state index >= 15 is 0 Å². The molecular weight excluding hydrogens is 428 g/mol. The minimum Gasteiger partial charge on any atom is -0.497 e. The second-order valence-electron chi connectivity index (χ2n) is 7.19. The number of carbonyl (C=O) groups is 2. The summed E-state index contributed by atoms with van der Waals surface area (Å²) in [5.41, 5.74) is 1.26. The maximum atomic E-state index is 12.6. The van der Waals surface area contributed by atoms with E-state index in [1.54, 1.807) is 41.8 Å². The minimum atomic E-state index is -0.188. The number of pyridine rings is 1. The number of carbonyl (C=O) groups excluding carboxylic acids is 2. The first-order valence-electron chi connectivity index (χ1n) is 10.2. The van der Waals surface area contributed by atoms with Crippen molar-refractivity contribution in [3.63, 3.8) is 0 Å². The van der Waals surface area contributed by atoms with Crippen molar-refractivity contribution < 1.29 is 14.3 Å². The van der Waals surface area contributed by atoms with Crippen molar-refractivity contribution in [3.8, 4) is 5.75 Å². The van der Waals surface area contributed by atoms with Crippen molar-refractivity contribution in [2.24, 2.45) is 0 Å². The van der Waals surface area contributed by atoms with Crippen LogP contribution in [0.25, 0.3) is 0 Å². The molecule has 1 aromatic carbocycles. The highest BCUT2D eigenvalue weighted by molar-refractivity contribution is 7.13. The highest BCUT2D eigenvalue weighted by atomic mass is 32.1. The third-order valence-electron chi connectivity index (χ3n) is 5.00. The first-order chi connectivity index (χ1) is 15.6. The van der Waals surface area contributed by atoms with Crippen molar-refractivity contribution >= 4 is 39.9 Å². The van der Waals surface area contributed by atoms with Crippen LogP contribution in [-0.2, 0) is 11.2 Å². The predicted octanol–water partition coefficient (Wildman–Crippen LogP) is 3.08. The Morgan fingerprint density at radius 3 is 2.69 bits per heavy atom. The number of ether oxygens (including phenoxy) is 1. The fourth-order valence-corrected chi connectivity index (χ4v) is 4.07. The fraction of sp³-hybridized carbons (Fsp3) is 0.273. The van der Waals surface area contributed by atoms with E-state index < -0.39 is 0 Å². The number of aromatic nitrogens is 2. The molecule has 10 heteroatoms. The van der Waals surface area contributed by atoms with Crippen molar-refractivity contribution in [2.45, 2.75) is 6.42 Å². The van der Waals surface area contributed by atoms with E-state index in [1.165, 1.54) is 11.3 Å². The molecule has 2 N–H and O–H groups in total. The summed E-state index contributed by atoms with van der Waals surface area (Å²) in [6.07, 6.45) is 1.89. The Balaban J connectivity index is 1.26. The van der Waals surface area contributed by atoms with Gasteiger partial charge in [-0.15, -0.1) is 11.3 Å². The summed E-state index contributed by atoms with van der Waals surface area (Å²) in [5.74, 6) is 1.40. The van der Waals surface area contributed by atoms with Crippen LogP contribution in [0.15, 0.2) is 54.0 Å². The van der Waals surface area contributed by atoms with Gasteiger partial charge in [0.05, 0.1) is 19.2 Å². The number of nitrogens with zero attached hydrogens (tertiary/aromatic N) is 4. The lowest BCUT2D eigenvalue weighted by Gasteiger charge is -2.35. The van der Waals surface area contributed by atoms with E-state index in [9.17, 15) is 9.59 Å². The van der Waals surface area contributed by atoms with Gasteiger partial charge in [-0.2, -0.15) is 0 Å². The Kier molecular flexibility index (Phi) is 6.81. The number of benzene rings is 1. The standard InChI is InChI=1S/C22H24N6O3S/c1-31-18-6-4-5-16(13-18)24-20(29)14-17-15-32-21(25-17)26-22(30)28-11-9-27(10-12-28)19-7-2-3-8-23-19/h2-8,13,15H,9-12,14H2,1H3,(H,24,29)(H,25,26,30). The second kappa shape index (κ2) is 10.1. The number of amides is 3. The number of urea groups is 1. The lowest BCUT2D eigenvalue weighted by molar-refractivity contribution is -0.115. The second-order valence-corrected chi connectivity index (χ2v) is 8.05. The summed E-state index contributed by atoms with van der Waals surface area (Å²) in [4.78, 5) is 37.6. The van der Waals surface area contributed by atoms with Crippen LogP contribution < -0.4 is 20.3 Å². The molecule has 1 fully saturated rings. The molecule has 32 heavy (non-hydrogen) atoms. The van der Waals surface area contributed by atoms with Gasteiger partial charge in [-0.3, -0.25) is 10.1 Å². The van der Waals surface area contributed by atoms with Gasteiger partial charge in [0.1, 0.15) is 11.6 Å². The Morgan fingerprint density at radius 2 is 1.94 bits per heavy atom. The number of hydrogen-bond donors (Lipinski definition) is 2. The maximum absolute atomic E-state index is 12.6. The predicted molar refractivity (Wildman–Crippen MR) is 124 cm³/mol. The zero-order valence-electron chi connectivity index (χ0n) is 17.7. The highest BCUT2D eigenvalue weighted by Gasteiger charge is 2.22. The summed E-state index contributed by atoms with van der Waals surface area (Å²) in [6.45, 7) is 2.64. The van der Waals surface area contributed by atoms with Gasteiger partial charge < -0.3 is 19.9 Å². The SMILES string of the molecule is COc1cccc(NC(=O)Cc2csc(NC(=O)N3CCN(c4ccccn4)CC3)n2)c1. The molecule has 166 valence electrons. The summed E-state index contributed by atoms with van der Waals surface area (Å²) < 4.78 is 5.16. The molecule has 2 aromatic heterocycles. The van der Waals surface area contributed by atoms with E-state index in [0.29, 0.717) is 35.4 Å². The number of anilines is 3. The Morgan fingerprint density at radius 1 is 1.09 bits per heavy atom. The molecule has 3 aromatic rings. The van der Waals surface area contributed by atoms with Gasteiger partial charge in [-0.05, 0) is 24.3 Å². The first-order valence-corrected chi connectivity index (χ1v) is 11.1. The third kappa shape index (κ3) is 5.52. The van der Waals surface area contributed by atoms with Gasteiger partial charge in [0.25, 0.3) is 0 Å². The Labute approximate surface area is 190 Å². The average Bonchev–Trinajstić information content (AvgIpc) is 3.26. The van der Waals surface area contributed by atoms with Gasteiger partial charge in [0, 0.05) is 49.5 Å². The van der Waals surface area contributed by atoms with Crippen LogP contribution in [0.3, 0.4) is 0 Å². The van der Waals surface area contributed by atoms with Crippen LogP contribution in [0.2, 0.25) is 0 Å². The highest BCUT2D eigenvalue weighted by Crippen LogP contribution is 2.20. The normalized spacial score (nSPS) is 13.5. The van der Waals surface area contributed by atoms with E-state index in [0.717, 1.165) is 18.9 Å². The number of nitrogens with one attached hydrogen (secondary N) is 2. The summed E-state index contributed by atoms with van der Waals surface area (Å²) in [6, 6.07) is 12.8. The molecule has 0 saturated carbocycles. The Hall–Kier alpha value is -3.66. The average molecular weight is 453 g/mol. The zero-order chi connectivity index (χ0) is 22.3. The van der Waals surface area contributed by atoms with Crippen LogP contribution in [0, 0.1) is 0 Å². The smallest absolute Gasteiger partial charge is 0.323 e. The first kappa shape index (κ1) is 21.6. The van der Waals surface area contributed by atoms with Crippen LogP contribution in [0.4, 0.5) is 21.4 Å². The van der Waals surface area contributed by atoms with Gasteiger partial charge in [0.2, 0.25) is 5.91 Å². The summed E-state index contributed by atoms with van der Waals surface area (Å²) >= 11 is 1.30. The zero-order valence-corrected chi connectivity index (χ0v) is 18.5. The van der Waals surface area contributed by atoms with E-state index in [4.69, 9.17) is 4.74 Å². The summed E-state index contributed by atoms with van der Waals surface area (Å²) in [5, 5.41) is 7.92. The molecule has 0 atom stereocenters. The monoisotopic (exact) mass is 452 g/mol. The van der Waals surface area contributed by atoms with E-state index in [1.807, 2.05) is 24.3 Å². The number of piperazine rings is 1. The molecule has 3 heterocycles.